The van der Waals surface area contributed by atoms with Crippen molar-refractivity contribution in [3.63, 3.8) is 0 Å². The smallest absolute Gasteiger partial charge is 0.254 e. The summed E-state index contributed by atoms with van der Waals surface area (Å²) in [5.41, 5.74) is 1.06. The van der Waals surface area contributed by atoms with Gasteiger partial charge in [0.2, 0.25) is 5.91 Å². The number of sulfonamides is 1. The summed E-state index contributed by atoms with van der Waals surface area (Å²) in [4.78, 5) is 27.3. The molecule has 11 heteroatoms. The van der Waals surface area contributed by atoms with Crippen molar-refractivity contribution in [1.29, 1.82) is 0 Å². The number of carbonyl (C=O) groups excluding carboxylic acids is 2. The van der Waals surface area contributed by atoms with E-state index in [1.165, 1.54) is 10.4 Å². The predicted octanol–water partition coefficient (Wildman–Crippen LogP) is 3.18. The molecule has 1 aromatic carbocycles. The van der Waals surface area contributed by atoms with Crippen LogP contribution in [0.3, 0.4) is 0 Å². The molecule has 3 aliphatic heterocycles. The summed E-state index contributed by atoms with van der Waals surface area (Å²) in [5, 5.41) is 4.55. The number of hydrogen-bond donors (Lipinski definition) is 1. The first-order chi connectivity index (χ1) is 16.9. The first-order valence-electron chi connectivity index (χ1n) is 12.0. The fourth-order valence-electron chi connectivity index (χ4n) is 4.69. The molecule has 3 aliphatic rings. The van der Waals surface area contributed by atoms with E-state index in [1.807, 2.05) is 0 Å². The summed E-state index contributed by atoms with van der Waals surface area (Å²) in [5.74, 6) is 0.738. The topological polar surface area (TPSA) is 105 Å². The maximum absolute atomic E-state index is 13.2. The zero-order valence-corrected chi connectivity index (χ0v) is 21.0. The lowest BCUT2D eigenvalue weighted by molar-refractivity contribution is -0.120. The summed E-state index contributed by atoms with van der Waals surface area (Å²) in [6.07, 6.45) is 3.95. The van der Waals surface area contributed by atoms with Crippen LogP contribution in [0.4, 0.5) is 5.69 Å². The van der Waals surface area contributed by atoms with Crippen LogP contribution in [0.15, 0.2) is 33.9 Å². The quantitative estimate of drug-likeness (QED) is 0.651. The SMILES string of the molecule is O=C(Nc1ccc2c(c1)OCCO2)C1CCN(S(=O)(=O)c2cc(C(=O)N3CCCCC3)cs2)CC1. The molecule has 0 aliphatic carbocycles. The molecular formula is C24H29N3O6S2. The van der Waals surface area contributed by atoms with Crippen LogP contribution in [-0.2, 0) is 14.8 Å². The molecular weight excluding hydrogens is 490 g/mol. The van der Waals surface area contributed by atoms with Gasteiger partial charge in [0.1, 0.15) is 17.4 Å². The number of fused-ring (bicyclic) bond motifs is 1. The molecule has 0 spiro atoms. The van der Waals surface area contributed by atoms with Crippen molar-refractivity contribution in [3.05, 3.63) is 35.2 Å². The Morgan fingerprint density at radius 2 is 1.66 bits per heavy atom. The van der Waals surface area contributed by atoms with Crippen molar-refractivity contribution in [1.82, 2.24) is 9.21 Å². The van der Waals surface area contributed by atoms with Crippen LogP contribution in [0.25, 0.3) is 0 Å². The molecule has 188 valence electrons. The lowest BCUT2D eigenvalue weighted by Gasteiger charge is -2.30. The molecule has 9 nitrogen and oxygen atoms in total. The lowest BCUT2D eigenvalue weighted by atomic mass is 9.97. The Morgan fingerprint density at radius 3 is 2.40 bits per heavy atom. The van der Waals surface area contributed by atoms with Gasteiger partial charge in [0.15, 0.2) is 11.5 Å². The molecule has 2 aromatic rings. The van der Waals surface area contributed by atoms with Crippen LogP contribution in [0, 0.1) is 5.92 Å². The fraction of sp³-hybridized carbons (Fsp3) is 0.500. The number of ether oxygens (including phenoxy) is 2. The van der Waals surface area contributed by atoms with Crippen molar-refractivity contribution in [2.75, 3.05) is 44.7 Å². The highest BCUT2D eigenvalue weighted by Gasteiger charge is 2.34. The van der Waals surface area contributed by atoms with Gasteiger partial charge in [-0.2, -0.15) is 4.31 Å². The van der Waals surface area contributed by atoms with Gasteiger partial charge < -0.3 is 19.7 Å². The molecule has 35 heavy (non-hydrogen) atoms. The molecule has 4 heterocycles. The molecule has 0 atom stereocenters. The van der Waals surface area contributed by atoms with Gasteiger partial charge in [0.05, 0.1) is 5.56 Å². The van der Waals surface area contributed by atoms with Crippen LogP contribution in [0.2, 0.25) is 0 Å². The van der Waals surface area contributed by atoms with Gasteiger partial charge in [-0.15, -0.1) is 11.3 Å². The monoisotopic (exact) mass is 519 g/mol. The van der Waals surface area contributed by atoms with Crippen molar-refractivity contribution < 1.29 is 27.5 Å². The van der Waals surface area contributed by atoms with Gasteiger partial charge in [-0.3, -0.25) is 9.59 Å². The average Bonchev–Trinajstić information content (AvgIpc) is 3.40. The number of rotatable bonds is 5. The first kappa shape index (κ1) is 24.1. The van der Waals surface area contributed by atoms with E-state index in [4.69, 9.17) is 9.47 Å². The molecule has 2 fully saturated rings. The van der Waals surface area contributed by atoms with E-state index < -0.39 is 10.0 Å². The fourth-order valence-corrected chi connectivity index (χ4v) is 7.47. The van der Waals surface area contributed by atoms with Crippen molar-refractivity contribution in [2.24, 2.45) is 5.92 Å². The third-order valence-electron chi connectivity index (χ3n) is 6.69. The molecule has 2 amide bonds. The Bertz CT molecular complexity index is 1200. The summed E-state index contributed by atoms with van der Waals surface area (Å²) >= 11 is 1.08. The van der Waals surface area contributed by atoms with Crippen LogP contribution in [0.1, 0.15) is 42.5 Å². The number of amides is 2. The number of nitrogens with one attached hydrogen (secondary N) is 1. The second-order valence-electron chi connectivity index (χ2n) is 9.03. The third-order valence-corrected chi connectivity index (χ3v) is 10.0. The standard InChI is InChI=1S/C24H29N3O6S2/c28-23(25-19-4-5-20-21(15-19)33-13-12-32-20)17-6-10-27(11-7-17)35(30,31)22-14-18(16-34-22)24(29)26-8-2-1-3-9-26/h4-5,14-17H,1-3,6-13H2,(H,25,28). The summed E-state index contributed by atoms with van der Waals surface area (Å²) < 4.78 is 39.0. The Morgan fingerprint density at radius 1 is 0.943 bits per heavy atom. The van der Waals surface area contributed by atoms with Gasteiger partial charge in [-0.25, -0.2) is 8.42 Å². The number of piperidine rings is 2. The Labute approximate surface area is 209 Å². The van der Waals surface area contributed by atoms with Gasteiger partial charge in [-0.05, 0) is 50.3 Å². The number of benzene rings is 1. The number of carbonyl (C=O) groups is 2. The van der Waals surface area contributed by atoms with E-state index >= 15 is 0 Å². The second kappa shape index (κ2) is 10.2. The number of likely N-dealkylation sites (tertiary alicyclic amines) is 1. The third kappa shape index (κ3) is 5.17. The molecule has 1 aromatic heterocycles. The number of anilines is 1. The molecule has 0 radical (unpaired) electrons. The maximum Gasteiger partial charge on any atom is 0.254 e. The van der Waals surface area contributed by atoms with E-state index in [0.717, 1.165) is 43.7 Å². The summed E-state index contributed by atoms with van der Waals surface area (Å²) in [6.45, 7) is 2.93. The van der Waals surface area contributed by atoms with Crippen molar-refractivity contribution in [3.8, 4) is 11.5 Å². The van der Waals surface area contributed by atoms with Crippen LogP contribution in [0.5, 0.6) is 11.5 Å². The zero-order chi connectivity index (χ0) is 24.4. The lowest BCUT2D eigenvalue weighted by Crippen LogP contribution is -2.41. The van der Waals surface area contributed by atoms with Crippen LogP contribution < -0.4 is 14.8 Å². The maximum atomic E-state index is 13.2. The van der Waals surface area contributed by atoms with Crippen LogP contribution >= 0.6 is 11.3 Å². The minimum atomic E-state index is -3.70. The minimum Gasteiger partial charge on any atom is -0.486 e. The molecule has 0 unspecified atom stereocenters. The van der Waals surface area contributed by atoms with Crippen LogP contribution in [-0.4, -0.2) is 68.8 Å². The van der Waals surface area contributed by atoms with Gasteiger partial charge >= 0.3 is 0 Å². The average molecular weight is 520 g/mol. The predicted molar refractivity (Wildman–Crippen MR) is 132 cm³/mol. The molecule has 2 saturated heterocycles. The summed E-state index contributed by atoms with van der Waals surface area (Å²) in [7, 11) is -3.70. The van der Waals surface area contributed by atoms with Gasteiger partial charge in [0.25, 0.3) is 15.9 Å². The van der Waals surface area contributed by atoms with Crippen molar-refractivity contribution in [2.45, 2.75) is 36.3 Å². The van der Waals surface area contributed by atoms with Crippen molar-refractivity contribution >= 4 is 38.9 Å². The number of nitrogens with zero attached hydrogens (tertiary/aromatic N) is 2. The Kier molecular flexibility index (Phi) is 6.99. The summed E-state index contributed by atoms with van der Waals surface area (Å²) in [6, 6.07) is 6.78. The first-order valence-corrected chi connectivity index (χ1v) is 14.3. The van der Waals surface area contributed by atoms with E-state index in [9.17, 15) is 18.0 Å². The van der Waals surface area contributed by atoms with E-state index in [2.05, 4.69) is 5.32 Å². The zero-order valence-electron chi connectivity index (χ0n) is 19.4. The van der Waals surface area contributed by atoms with E-state index in [1.54, 1.807) is 28.5 Å². The molecule has 0 saturated carbocycles. The minimum absolute atomic E-state index is 0.100. The molecule has 5 rings (SSSR count). The van der Waals surface area contributed by atoms with Gasteiger partial charge in [-0.1, -0.05) is 0 Å². The highest BCUT2D eigenvalue weighted by atomic mass is 32.2. The molecule has 1 N–H and O–H groups in total. The highest BCUT2D eigenvalue weighted by molar-refractivity contribution is 7.91. The van der Waals surface area contributed by atoms with E-state index in [-0.39, 0.29) is 35.0 Å². The Hall–Kier alpha value is -2.63. The Balaban J connectivity index is 1.18. The number of thiophene rings is 1. The normalized spacial score (nSPS) is 19.4. The van der Waals surface area contributed by atoms with Gasteiger partial charge in [0, 0.05) is 49.2 Å². The second-order valence-corrected chi connectivity index (χ2v) is 12.1. The van der Waals surface area contributed by atoms with E-state index in [0.29, 0.717) is 48.8 Å². The highest BCUT2D eigenvalue weighted by Crippen LogP contribution is 2.33. The largest absolute Gasteiger partial charge is 0.486 e. The number of hydrogen-bond acceptors (Lipinski definition) is 7. The molecule has 0 bridgehead atoms.